The Morgan fingerprint density at radius 1 is 1.14 bits per heavy atom. The van der Waals surface area contributed by atoms with E-state index in [9.17, 15) is 22.7 Å². The van der Waals surface area contributed by atoms with Gasteiger partial charge >= 0.3 is 6.18 Å². The van der Waals surface area contributed by atoms with Gasteiger partial charge < -0.3 is 10.0 Å². The first-order chi connectivity index (χ1) is 10.1. The first-order valence-corrected chi connectivity index (χ1v) is 6.23. The van der Waals surface area contributed by atoms with Gasteiger partial charge in [0.15, 0.2) is 5.69 Å². The second-order valence-electron chi connectivity index (χ2n) is 4.90. The van der Waals surface area contributed by atoms with Crippen LogP contribution in [0.1, 0.15) is 11.3 Å². The average molecular weight is 315 g/mol. The Morgan fingerprint density at radius 3 is 2.32 bits per heavy atom. The zero-order valence-corrected chi connectivity index (χ0v) is 12.0. The molecule has 0 aliphatic rings. The van der Waals surface area contributed by atoms with E-state index in [2.05, 4.69) is 9.97 Å². The molecule has 0 spiro atoms. The molecule has 0 unspecified atom stereocenters. The first-order valence-electron chi connectivity index (χ1n) is 6.23. The Balaban J connectivity index is 2.70. The second kappa shape index (κ2) is 5.43. The van der Waals surface area contributed by atoms with Gasteiger partial charge in [-0.1, -0.05) is 0 Å². The highest BCUT2D eigenvalue weighted by atomic mass is 19.4. The van der Waals surface area contributed by atoms with Crippen molar-refractivity contribution in [3.8, 4) is 17.0 Å². The summed E-state index contributed by atoms with van der Waals surface area (Å²) in [5.41, 5.74) is -1.32. The van der Waals surface area contributed by atoms with Crippen LogP contribution in [0, 0.1) is 12.7 Å². The Labute approximate surface area is 124 Å². The molecule has 2 rings (SSSR count). The molecule has 0 amide bonds. The lowest BCUT2D eigenvalue weighted by molar-refractivity contribution is -0.141. The number of benzene rings is 1. The Hall–Kier alpha value is -2.38. The average Bonchev–Trinajstić information content (AvgIpc) is 2.43. The molecule has 22 heavy (non-hydrogen) atoms. The van der Waals surface area contributed by atoms with Crippen LogP contribution in [-0.4, -0.2) is 29.2 Å². The van der Waals surface area contributed by atoms with E-state index in [1.54, 1.807) is 0 Å². The highest BCUT2D eigenvalue weighted by Crippen LogP contribution is 2.36. The van der Waals surface area contributed by atoms with Crippen LogP contribution in [0.2, 0.25) is 0 Å². The number of halogens is 4. The summed E-state index contributed by atoms with van der Waals surface area (Å²) in [7, 11) is 2.99. The predicted molar refractivity (Wildman–Crippen MR) is 73.2 cm³/mol. The van der Waals surface area contributed by atoms with Crippen LogP contribution in [0.3, 0.4) is 0 Å². The van der Waals surface area contributed by atoms with Crippen molar-refractivity contribution in [1.82, 2.24) is 9.97 Å². The van der Waals surface area contributed by atoms with Crippen LogP contribution in [0.4, 0.5) is 23.5 Å². The normalized spacial score (nSPS) is 11.6. The molecule has 1 aromatic heterocycles. The Morgan fingerprint density at radius 2 is 1.77 bits per heavy atom. The van der Waals surface area contributed by atoms with Crippen LogP contribution in [0.15, 0.2) is 18.2 Å². The third-order valence-electron chi connectivity index (χ3n) is 3.05. The number of phenolic OH excluding ortho intramolecular Hbond substituents is 1. The lowest BCUT2D eigenvalue weighted by atomic mass is 10.1. The molecule has 0 aliphatic heterocycles. The van der Waals surface area contributed by atoms with Crippen molar-refractivity contribution >= 4 is 5.95 Å². The Kier molecular flexibility index (Phi) is 3.95. The number of alkyl halides is 3. The molecule has 8 heteroatoms. The number of aromatic hydroxyl groups is 1. The predicted octanol–water partition coefficient (Wildman–Crippen LogP) is 3.38. The lowest BCUT2D eigenvalue weighted by Gasteiger charge is -2.16. The maximum Gasteiger partial charge on any atom is 0.433 e. The Bertz CT molecular complexity index is 714. The second-order valence-corrected chi connectivity index (χ2v) is 4.90. The molecule has 0 radical (unpaired) electrons. The number of nitrogens with zero attached hydrogens (tertiary/aromatic N) is 3. The van der Waals surface area contributed by atoms with E-state index in [1.165, 1.54) is 32.0 Å². The van der Waals surface area contributed by atoms with Crippen molar-refractivity contribution in [3.63, 3.8) is 0 Å². The van der Waals surface area contributed by atoms with E-state index in [4.69, 9.17) is 0 Å². The van der Waals surface area contributed by atoms with Gasteiger partial charge in [0.05, 0.1) is 5.69 Å². The SMILES string of the molecule is Cc1c(F)ccc(-c2cc(C(F)(F)F)nc(N(C)C)n2)c1O. The first kappa shape index (κ1) is 16.0. The van der Waals surface area contributed by atoms with Gasteiger partial charge in [0, 0.05) is 25.2 Å². The molecule has 0 aliphatic carbocycles. The summed E-state index contributed by atoms with van der Waals surface area (Å²) in [5, 5.41) is 9.96. The van der Waals surface area contributed by atoms with Crippen LogP contribution in [0.5, 0.6) is 5.75 Å². The summed E-state index contributed by atoms with van der Waals surface area (Å²) in [4.78, 5) is 8.73. The minimum Gasteiger partial charge on any atom is -0.507 e. The van der Waals surface area contributed by atoms with Crippen LogP contribution in [0.25, 0.3) is 11.3 Å². The van der Waals surface area contributed by atoms with Gasteiger partial charge in [-0.05, 0) is 25.1 Å². The molecule has 4 nitrogen and oxygen atoms in total. The van der Waals surface area contributed by atoms with E-state index in [0.717, 1.165) is 12.1 Å². The monoisotopic (exact) mass is 315 g/mol. The highest BCUT2D eigenvalue weighted by Gasteiger charge is 2.34. The van der Waals surface area contributed by atoms with Crippen molar-refractivity contribution in [3.05, 3.63) is 35.3 Å². The summed E-state index contributed by atoms with van der Waals surface area (Å²) in [5.74, 6) is -1.26. The van der Waals surface area contributed by atoms with Gasteiger partial charge in [-0.3, -0.25) is 0 Å². The number of aromatic nitrogens is 2. The fourth-order valence-corrected chi connectivity index (χ4v) is 1.80. The molecule has 0 fully saturated rings. The topological polar surface area (TPSA) is 49.2 Å². The van der Waals surface area contributed by atoms with Gasteiger partial charge in [0.2, 0.25) is 5.95 Å². The molecule has 1 heterocycles. The van der Waals surface area contributed by atoms with E-state index in [-0.39, 0.29) is 22.8 Å². The summed E-state index contributed by atoms with van der Waals surface area (Å²) in [6.45, 7) is 1.33. The van der Waals surface area contributed by atoms with Gasteiger partial charge in [-0.15, -0.1) is 0 Å². The van der Waals surface area contributed by atoms with Crippen molar-refractivity contribution in [2.45, 2.75) is 13.1 Å². The van der Waals surface area contributed by atoms with Crippen LogP contribution < -0.4 is 4.90 Å². The number of hydrogen-bond acceptors (Lipinski definition) is 4. The van der Waals surface area contributed by atoms with Crippen molar-refractivity contribution in [2.75, 3.05) is 19.0 Å². The molecule has 2 aromatic rings. The fourth-order valence-electron chi connectivity index (χ4n) is 1.80. The number of hydrogen-bond donors (Lipinski definition) is 1. The third-order valence-corrected chi connectivity index (χ3v) is 3.05. The number of phenols is 1. The summed E-state index contributed by atoms with van der Waals surface area (Å²) < 4.78 is 52.2. The molecule has 1 aromatic carbocycles. The maximum atomic E-state index is 13.4. The lowest BCUT2D eigenvalue weighted by Crippen LogP contribution is -2.17. The number of rotatable bonds is 2. The van der Waals surface area contributed by atoms with Crippen LogP contribution >= 0.6 is 0 Å². The number of anilines is 1. The molecule has 0 bridgehead atoms. The molecule has 0 saturated heterocycles. The van der Waals surface area contributed by atoms with E-state index < -0.39 is 23.4 Å². The zero-order valence-electron chi connectivity index (χ0n) is 12.0. The zero-order chi connectivity index (χ0) is 16.7. The highest BCUT2D eigenvalue weighted by molar-refractivity contribution is 5.70. The van der Waals surface area contributed by atoms with Gasteiger partial charge in [0.25, 0.3) is 0 Å². The molecular formula is C14H13F4N3O. The molecule has 0 saturated carbocycles. The summed E-state index contributed by atoms with van der Waals surface area (Å²) >= 11 is 0. The summed E-state index contributed by atoms with van der Waals surface area (Å²) in [6, 6.07) is 2.97. The molecule has 1 N–H and O–H groups in total. The van der Waals surface area contributed by atoms with Gasteiger partial charge in [0.1, 0.15) is 11.6 Å². The van der Waals surface area contributed by atoms with E-state index >= 15 is 0 Å². The van der Waals surface area contributed by atoms with Crippen LogP contribution in [-0.2, 0) is 6.18 Å². The van der Waals surface area contributed by atoms with Crippen molar-refractivity contribution < 1.29 is 22.7 Å². The largest absolute Gasteiger partial charge is 0.507 e. The van der Waals surface area contributed by atoms with Crippen molar-refractivity contribution in [2.24, 2.45) is 0 Å². The minimum absolute atomic E-state index is 0.00917. The minimum atomic E-state index is -4.66. The molecular weight excluding hydrogens is 302 g/mol. The quantitative estimate of drug-likeness (QED) is 0.863. The van der Waals surface area contributed by atoms with E-state index in [0.29, 0.717) is 0 Å². The van der Waals surface area contributed by atoms with E-state index in [1.807, 2.05) is 0 Å². The fraction of sp³-hybridized carbons (Fsp3) is 0.286. The third kappa shape index (κ3) is 2.95. The molecule has 0 atom stereocenters. The summed E-state index contributed by atoms with van der Waals surface area (Å²) in [6.07, 6.45) is -4.66. The van der Waals surface area contributed by atoms with Gasteiger partial charge in [-0.2, -0.15) is 13.2 Å². The van der Waals surface area contributed by atoms with Gasteiger partial charge in [-0.25, -0.2) is 14.4 Å². The van der Waals surface area contributed by atoms with Crippen molar-refractivity contribution in [1.29, 1.82) is 0 Å². The molecule has 118 valence electrons. The smallest absolute Gasteiger partial charge is 0.433 e. The maximum absolute atomic E-state index is 13.4. The standard InChI is InChI=1S/C14H13F4N3O/c1-7-9(15)5-4-8(12(7)22)10-6-11(14(16,17)18)20-13(19-10)21(2)3/h4-6,22H,1-3H3.